The van der Waals surface area contributed by atoms with Crippen LogP contribution in [-0.2, 0) is 14.3 Å². The SMILES string of the molecule is O=C(CCCN1CCOCC1)N1CC(Oc2cc(-n3c(C(F)F)nc4ccccc43)nc(N3CCOCC3)n2)C1. The lowest BCUT2D eigenvalue weighted by Crippen LogP contribution is -2.56. The second-order valence-electron chi connectivity index (χ2n) is 10.2. The third kappa shape index (κ3) is 5.86. The number of carbonyl (C=O) groups excluding carboxylic acids is 1. The molecule has 3 aliphatic heterocycles. The largest absolute Gasteiger partial charge is 0.470 e. The Labute approximate surface area is 230 Å². The minimum absolute atomic E-state index is 0.108. The number of halogens is 2. The Bertz CT molecular complexity index is 1320. The van der Waals surface area contributed by atoms with E-state index in [9.17, 15) is 13.6 Å². The van der Waals surface area contributed by atoms with E-state index in [-0.39, 0.29) is 23.7 Å². The third-order valence-electron chi connectivity index (χ3n) is 7.44. The van der Waals surface area contributed by atoms with Crippen molar-refractivity contribution in [3.8, 4) is 11.7 Å². The number of morpholine rings is 2. The predicted octanol–water partition coefficient (Wildman–Crippen LogP) is 2.29. The highest BCUT2D eigenvalue weighted by Crippen LogP contribution is 2.30. The van der Waals surface area contributed by atoms with Gasteiger partial charge in [-0.05, 0) is 25.1 Å². The first-order chi connectivity index (χ1) is 19.5. The molecule has 40 heavy (non-hydrogen) atoms. The Morgan fingerprint density at radius 1 is 1.00 bits per heavy atom. The van der Waals surface area contributed by atoms with Crippen LogP contribution in [0.5, 0.6) is 5.88 Å². The van der Waals surface area contributed by atoms with E-state index >= 15 is 0 Å². The summed E-state index contributed by atoms with van der Waals surface area (Å²) in [5.74, 6) is 0.622. The second kappa shape index (κ2) is 12.0. The van der Waals surface area contributed by atoms with E-state index in [1.165, 1.54) is 4.57 Å². The summed E-state index contributed by atoms with van der Waals surface area (Å²) in [5, 5.41) is 0. The van der Waals surface area contributed by atoms with Gasteiger partial charge in [0.25, 0.3) is 6.43 Å². The molecule has 0 unspecified atom stereocenters. The Hall–Kier alpha value is -3.42. The highest BCUT2D eigenvalue weighted by Gasteiger charge is 2.33. The number of carbonyl (C=O) groups is 1. The molecule has 0 bridgehead atoms. The molecule has 3 aliphatic rings. The molecule has 0 N–H and O–H groups in total. The molecule has 11 nitrogen and oxygen atoms in total. The monoisotopic (exact) mass is 557 g/mol. The number of para-hydroxylation sites is 2. The van der Waals surface area contributed by atoms with E-state index in [0.29, 0.717) is 62.8 Å². The number of imidazole rings is 1. The van der Waals surface area contributed by atoms with Gasteiger partial charge in [0.1, 0.15) is 11.9 Å². The fourth-order valence-corrected chi connectivity index (χ4v) is 5.24. The summed E-state index contributed by atoms with van der Waals surface area (Å²) in [6.45, 7) is 7.31. The minimum Gasteiger partial charge on any atom is -0.470 e. The van der Waals surface area contributed by atoms with E-state index < -0.39 is 12.2 Å². The van der Waals surface area contributed by atoms with Crippen LogP contribution < -0.4 is 9.64 Å². The summed E-state index contributed by atoms with van der Waals surface area (Å²) >= 11 is 0. The van der Waals surface area contributed by atoms with Gasteiger partial charge in [0.2, 0.25) is 17.7 Å². The number of benzene rings is 1. The molecule has 0 atom stereocenters. The molecule has 3 saturated heterocycles. The second-order valence-corrected chi connectivity index (χ2v) is 10.2. The third-order valence-corrected chi connectivity index (χ3v) is 7.44. The number of rotatable bonds is 9. The van der Waals surface area contributed by atoms with Gasteiger partial charge in [-0.1, -0.05) is 12.1 Å². The van der Waals surface area contributed by atoms with Crippen LogP contribution in [0.4, 0.5) is 14.7 Å². The van der Waals surface area contributed by atoms with Crippen LogP contribution in [0, 0.1) is 0 Å². The van der Waals surface area contributed by atoms with Crippen molar-refractivity contribution in [2.75, 3.05) is 77.1 Å². The fourth-order valence-electron chi connectivity index (χ4n) is 5.24. The van der Waals surface area contributed by atoms with Gasteiger partial charge < -0.3 is 24.0 Å². The molecule has 0 aliphatic carbocycles. The summed E-state index contributed by atoms with van der Waals surface area (Å²) < 4.78 is 46.5. The molecule has 2 aromatic heterocycles. The summed E-state index contributed by atoms with van der Waals surface area (Å²) in [6, 6.07) is 8.53. The number of ether oxygens (including phenoxy) is 3. The number of fused-ring (bicyclic) bond motifs is 1. The molecule has 13 heteroatoms. The first kappa shape index (κ1) is 26.8. The average Bonchev–Trinajstić information content (AvgIpc) is 3.36. The van der Waals surface area contributed by atoms with Crippen molar-refractivity contribution in [1.29, 1.82) is 0 Å². The molecule has 3 fully saturated rings. The lowest BCUT2D eigenvalue weighted by atomic mass is 10.1. The van der Waals surface area contributed by atoms with E-state index in [2.05, 4.69) is 19.9 Å². The summed E-state index contributed by atoms with van der Waals surface area (Å²) in [5.41, 5.74) is 0.974. The molecule has 0 spiro atoms. The molecule has 6 rings (SSSR count). The maximum absolute atomic E-state index is 14.1. The van der Waals surface area contributed by atoms with Gasteiger partial charge in [0.05, 0.1) is 50.6 Å². The van der Waals surface area contributed by atoms with Gasteiger partial charge in [0.15, 0.2) is 5.82 Å². The molecule has 3 aromatic rings. The van der Waals surface area contributed by atoms with Crippen molar-refractivity contribution >= 4 is 22.9 Å². The molecule has 0 radical (unpaired) electrons. The van der Waals surface area contributed by atoms with Crippen LogP contribution in [0.3, 0.4) is 0 Å². The van der Waals surface area contributed by atoms with Crippen molar-refractivity contribution in [2.45, 2.75) is 25.4 Å². The number of nitrogens with zero attached hydrogens (tertiary/aromatic N) is 7. The van der Waals surface area contributed by atoms with Crippen molar-refractivity contribution in [1.82, 2.24) is 29.3 Å². The zero-order chi connectivity index (χ0) is 27.5. The average molecular weight is 558 g/mol. The highest BCUT2D eigenvalue weighted by molar-refractivity contribution is 5.78. The van der Waals surface area contributed by atoms with E-state index in [4.69, 9.17) is 14.2 Å². The quantitative estimate of drug-likeness (QED) is 0.393. The van der Waals surface area contributed by atoms with Crippen LogP contribution in [0.2, 0.25) is 0 Å². The van der Waals surface area contributed by atoms with E-state index in [1.54, 1.807) is 35.2 Å². The van der Waals surface area contributed by atoms with Crippen LogP contribution in [0.25, 0.3) is 16.9 Å². The topological polar surface area (TPSA) is 98.1 Å². The summed E-state index contributed by atoms with van der Waals surface area (Å²) in [7, 11) is 0. The van der Waals surface area contributed by atoms with Gasteiger partial charge in [-0.2, -0.15) is 9.97 Å². The van der Waals surface area contributed by atoms with Crippen molar-refractivity contribution in [3.63, 3.8) is 0 Å². The van der Waals surface area contributed by atoms with E-state index in [0.717, 1.165) is 39.3 Å². The van der Waals surface area contributed by atoms with Crippen molar-refractivity contribution in [3.05, 3.63) is 36.2 Å². The molecule has 1 amide bonds. The van der Waals surface area contributed by atoms with Crippen LogP contribution in [-0.4, -0.2) is 114 Å². The zero-order valence-corrected chi connectivity index (χ0v) is 22.3. The number of hydrogen-bond donors (Lipinski definition) is 0. The standard InChI is InChI=1S/C27H33F2N7O4/c28-25(29)26-30-20-4-1-2-5-21(20)36(26)22-16-23(32-27(31-22)34-10-14-39-15-11-34)40-19-17-35(18-19)24(37)6-3-7-33-8-12-38-13-9-33/h1-2,4-5,16,19,25H,3,6-15,17-18H2. The Balaban J connectivity index is 1.17. The first-order valence-corrected chi connectivity index (χ1v) is 13.8. The number of likely N-dealkylation sites (tertiary alicyclic amines) is 1. The maximum atomic E-state index is 14.1. The lowest BCUT2D eigenvalue weighted by molar-refractivity contribution is -0.140. The number of anilines is 1. The number of alkyl halides is 2. The van der Waals surface area contributed by atoms with Crippen molar-refractivity contribution < 1.29 is 27.8 Å². The van der Waals surface area contributed by atoms with Gasteiger partial charge in [0, 0.05) is 38.7 Å². The van der Waals surface area contributed by atoms with Gasteiger partial charge in [-0.15, -0.1) is 0 Å². The van der Waals surface area contributed by atoms with Crippen LogP contribution in [0.1, 0.15) is 25.1 Å². The Morgan fingerprint density at radius 3 is 2.48 bits per heavy atom. The number of aromatic nitrogens is 4. The van der Waals surface area contributed by atoms with Gasteiger partial charge in [-0.25, -0.2) is 13.8 Å². The van der Waals surface area contributed by atoms with Crippen LogP contribution in [0.15, 0.2) is 30.3 Å². The molecule has 5 heterocycles. The zero-order valence-electron chi connectivity index (χ0n) is 22.3. The molecule has 1 aromatic carbocycles. The maximum Gasteiger partial charge on any atom is 0.296 e. The number of hydrogen-bond acceptors (Lipinski definition) is 9. The normalized spacial score (nSPS) is 18.9. The molecule has 214 valence electrons. The van der Waals surface area contributed by atoms with Gasteiger partial charge >= 0.3 is 0 Å². The predicted molar refractivity (Wildman–Crippen MR) is 142 cm³/mol. The van der Waals surface area contributed by atoms with Gasteiger partial charge in [-0.3, -0.25) is 14.3 Å². The molecular formula is C27H33F2N7O4. The summed E-state index contributed by atoms with van der Waals surface area (Å²) in [6.07, 6.45) is -1.73. The van der Waals surface area contributed by atoms with Crippen molar-refractivity contribution in [2.24, 2.45) is 0 Å². The smallest absolute Gasteiger partial charge is 0.296 e. The minimum atomic E-state index is -2.80. The first-order valence-electron chi connectivity index (χ1n) is 13.8. The highest BCUT2D eigenvalue weighted by atomic mass is 19.3. The molecular weight excluding hydrogens is 524 g/mol. The van der Waals surface area contributed by atoms with E-state index in [1.807, 2.05) is 4.90 Å². The Kier molecular flexibility index (Phi) is 8.03. The number of amides is 1. The lowest BCUT2D eigenvalue weighted by Gasteiger charge is -2.39. The summed E-state index contributed by atoms with van der Waals surface area (Å²) in [4.78, 5) is 32.1. The molecule has 0 saturated carbocycles. The fraction of sp³-hybridized carbons (Fsp3) is 0.556. The Morgan fingerprint density at radius 2 is 1.73 bits per heavy atom. The van der Waals surface area contributed by atoms with Crippen LogP contribution >= 0.6 is 0 Å².